The minimum absolute atomic E-state index is 0.147. The van der Waals surface area contributed by atoms with E-state index in [0.29, 0.717) is 0 Å². The van der Waals surface area contributed by atoms with E-state index in [4.69, 9.17) is 5.11 Å². The number of aryl methyl sites for hydroxylation is 1. The van der Waals surface area contributed by atoms with Gasteiger partial charge in [-0.15, -0.1) is 10.2 Å². The second-order valence-electron chi connectivity index (χ2n) is 5.94. The van der Waals surface area contributed by atoms with Crippen LogP contribution in [0.15, 0.2) is 0 Å². The molecule has 1 fully saturated rings. The molecular weight excluding hydrogens is 270 g/mol. The SMILES string of the molecule is O=C(O)CN1CCCN(Cc2nnc3n2CCCC3)CC1. The largest absolute Gasteiger partial charge is 0.480 e. The minimum Gasteiger partial charge on any atom is -0.480 e. The number of aliphatic carboxylic acids is 1. The molecule has 0 bridgehead atoms. The third-order valence-corrected chi connectivity index (χ3v) is 4.34. The molecule has 0 spiro atoms. The van der Waals surface area contributed by atoms with Gasteiger partial charge in [0.15, 0.2) is 0 Å². The van der Waals surface area contributed by atoms with Crippen molar-refractivity contribution in [3.05, 3.63) is 11.6 Å². The van der Waals surface area contributed by atoms with Gasteiger partial charge in [-0.3, -0.25) is 14.6 Å². The predicted molar refractivity (Wildman–Crippen MR) is 76.9 cm³/mol. The summed E-state index contributed by atoms with van der Waals surface area (Å²) in [5.74, 6) is 1.45. The lowest BCUT2D eigenvalue weighted by molar-refractivity contribution is -0.138. The van der Waals surface area contributed by atoms with Gasteiger partial charge in [0.25, 0.3) is 0 Å². The summed E-state index contributed by atoms with van der Waals surface area (Å²) in [7, 11) is 0. The zero-order valence-electron chi connectivity index (χ0n) is 12.4. The van der Waals surface area contributed by atoms with Crippen LogP contribution in [0.2, 0.25) is 0 Å². The summed E-state index contributed by atoms with van der Waals surface area (Å²) in [4.78, 5) is 15.2. The second kappa shape index (κ2) is 6.53. The van der Waals surface area contributed by atoms with Crippen LogP contribution < -0.4 is 0 Å². The molecule has 1 aromatic rings. The summed E-state index contributed by atoms with van der Waals surface area (Å²) in [5.41, 5.74) is 0. The Morgan fingerprint density at radius 1 is 1.00 bits per heavy atom. The Balaban J connectivity index is 1.58. The van der Waals surface area contributed by atoms with Gasteiger partial charge in [0.2, 0.25) is 0 Å². The third kappa shape index (κ3) is 3.59. The quantitative estimate of drug-likeness (QED) is 0.855. The van der Waals surface area contributed by atoms with Crippen molar-refractivity contribution >= 4 is 5.97 Å². The Labute approximate surface area is 124 Å². The lowest BCUT2D eigenvalue weighted by Gasteiger charge is -2.21. The van der Waals surface area contributed by atoms with Crippen molar-refractivity contribution in [1.29, 1.82) is 0 Å². The Bertz CT molecular complexity index is 502. The summed E-state index contributed by atoms with van der Waals surface area (Å²) in [6.07, 6.45) is 4.48. The maximum Gasteiger partial charge on any atom is 0.317 e. The number of carboxylic acids is 1. The molecule has 7 nitrogen and oxygen atoms in total. The molecule has 0 aliphatic carbocycles. The molecule has 116 valence electrons. The first-order valence-electron chi connectivity index (χ1n) is 7.80. The van der Waals surface area contributed by atoms with Crippen molar-refractivity contribution in [3.8, 4) is 0 Å². The van der Waals surface area contributed by atoms with Crippen LogP contribution in [0, 0.1) is 0 Å². The molecule has 21 heavy (non-hydrogen) atoms. The van der Waals surface area contributed by atoms with Crippen LogP contribution in [-0.2, 0) is 24.3 Å². The molecule has 1 saturated heterocycles. The Morgan fingerprint density at radius 3 is 2.67 bits per heavy atom. The number of nitrogens with zero attached hydrogens (tertiary/aromatic N) is 5. The number of carbonyl (C=O) groups is 1. The lowest BCUT2D eigenvalue weighted by atomic mass is 10.1. The first kappa shape index (κ1) is 14.5. The monoisotopic (exact) mass is 293 g/mol. The molecule has 0 atom stereocenters. The van der Waals surface area contributed by atoms with E-state index < -0.39 is 5.97 Å². The fourth-order valence-electron chi connectivity index (χ4n) is 3.22. The molecule has 0 unspecified atom stereocenters. The van der Waals surface area contributed by atoms with E-state index in [1.54, 1.807) is 0 Å². The fourth-order valence-corrected chi connectivity index (χ4v) is 3.22. The Kier molecular flexibility index (Phi) is 4.50. The predicted octanol–water partition coefficient (Wildman–Crippen LogP) is 0.207. The smallest absolute Gasteiger partial charge is 0.317 e. The zero-order valence-corrected chi connectivity index (χ0v) is 12.4. The van der Waals surface area contributed by atoms with Gasteiger partial charge in [-0.25, -0.2) is 0 Å². The topological polar surface area (TPSA) is 74.5 Å². The van der Waals surface area contributed by atoms with Crippen LogP contribution >= 0.6 is 0 Å². The molecule has 0 radical (unpaired) electrons. The average Bonchev–Trinajstić information content (AvgIpc) is 2.74. The van der Waals surface area contributed by atoms with Crippen molar-refractivity contribution < 1.29 is 9.90 Å². The highest BCUT2D eigenvalue weighted by Crippen LogP contribution is 2.16. The van der Waals surface area contributed by atoms with Gasteiger partial charge < -0.3 is 9.67 Å². The van der Waals surface area contributed by atoms with Crippen molar-refractivity contribution in [2.75, 3.05) is 32.7 Å². The molecule has 3 rings (SSSR count). The van der Waals surface area contributed by atoms with Crippen molar-refractivity contribution in [1.82, 2.24) is 24.6 Å². The van der Waals surface area contributed by atoms with E-state index in [0.717, 1.165) is 63.8 Å². The van der Waals surface area contributed by atoms with Gasteiger partial charge in [0.05, 0.1) is 13.1 Å². The van der Waals surface area contributed by atoms with E-state index >= 15 is 0 Å². The average molecular weight is 293 g/mol. The van der Waals surface area contributed by atoms with Crippen LogP contribution in [0.4, 0.5) is 0 Å². The number of carboxylic acid groups (broad SMARTS) is 1. The van der Waals surface area contributed by atoms with Crippen molar-refractivity contribution in [2.45, 2.75) is 38.8 Å². The maximum absolute atomic E-state index is 10.8. The first-order valence-corrected chi connectivity index (χ1v) is 7.80. The van der Waals surface area contributed by atoms with Gasteiger partial charge in [-0.1, -0.05) is 0 Å². The number of rotatable bonds is 4. The standard InChI is InChI=1S/C14H23N5O2/c20-14(21)11-18-6-3-5-17(8-9-18)10-13-16-15-12-4-1-2-7-19(12)13/h1-11H2,(H,20,21). The summed E-state index contributed by atoms with van der Waals surface area (Å²) in [6, 6.07) is 0. The molecule has 0 amide bonds. The highest BCUT2D eigenvalue weighted by atomic mass is 16.4. The van der Waals surface area contributed by atoms with Gasteiger partial charge in [0, 0.05) is 32.6 Å². The maximum atomic E-state index is 10.8. The normalized spacial score (nSPS) is 21.0. The molecule has 1 aromatic heterocycles. The fraction of sp³-hybridized carbons (Fsp3) is 0.786. The summed E-state index contributed by atoms with van der Waals surface area (Å²) in [6.45, 7) is 5.58. The van der Waals surface area contributed by atoms with Crippen LogP contribution in [0.5, 0.6) is 0 Å². The van der Waals surface area contributed by atoms with Crippen molar-refractivity contribution in [3.63, 3.8) is 0 Å². The number of aromatic nitrogens is 3. The summed E-state index contributed by atoms with van der Waals surface area (Å²) >= 11 is 0. The van der Waals surface area contributed by atoms with E-state index in [2.05, 4.69) is 19.7 Å². The third-order valence-electron chi connectivity index (χ3n) is 4.34. The Morgan fingerprint density at radius 2 is 1.81 bits per heavy atom. The Hall–Kier alpha value is -1.47. The van der Waals surface area contributed by atoms with Gasteiger partial charge in [-0.2, -0.15) is 0 Å². The van der Waals surface area contributed by atoms with Gasteiger partial charge >= 0.3 is 5.97 Å². The molecule has 3 heterocycles. The lowest BCUT2D eigenvalue weighted by Crippen LogP contribution is -2.34. The molecule has 1 N–H and O–H groups in total. The van der Waals surface area contributed by atoms with Crippen LogP contribution in [0.25, 0.3) is 0 Å². The van der Waals surface area contributed by atoms with E-state index in [1.165, 1.54) is 12.8 Å². The van der Waals surface area contributed by atoms with Crippen LogP contribution in [0.3, 0.4) is 0 Å². The van der Waals surface area contributed by atoms with E-state index in [-0.39, 0.29) is 6.54 Å². The highest BCUT2D eigenvalue weighted by molar-refractivity contribution is 5.69. The number of fused-ring (bicyclic) bond motifs is 1. The number of hydrogen-bond donors (Lipinski definition) is 1. The second-order valence-corrected chi connectivity index (χ2v) is 5.94. The molecule has 0 saturated carbocycles. The van der Waals surface area contributed by atoms with Crippen LogP contribution in [-0.4, -0.2) is 68.4 Å². The number of hydrogen-bond acceptors (Lipinski definition) is 5. The van der Waals surface area contributed by atoms with Crippen molar-refractivity contribution in [2.24, 2.45) is 0 Å². The van der Waals surface area contributed by atoms with Gasteiger partial charge in [-0.05, 0) is 25.8 Å². The minimum atomic E-state index is -0.741. The molecule has 0 aromatic carbocycles. The van der Waals surface area contributed by atoms with Gasteiger partial charge in [0.1, 0.15) is 11.6 Å². The van der Waals surface area contributed by atoms with E-state index in [9.17, 15) is 4.79 Å². The van der Waals surface area contributed by atoms with E-state index in [1.807, 2.05) is 4.90 Å². The summed E-state index contributed by atoms with van der Waals surface area (Å²) in [5, 5.41) is 17.5. The molecular formula is C14H23N5O2. The van der Waals surface area contributed by atoms with Crippen LogP contribution in [0.1, 0.15) is 30.9 Å². The first-order chi connectivity index (χ1) is 10.2. The molecule has 2 aliphatic rings. The zero-order chi connectivity index (χ0) is 14.7. The summed E-state index contributed by atoms with van der Waals surface area (Å²) < 4.78 is 2.27. The molecule has 2 aliphatic heterocycles. The molecule has 7 heteroatoms. The highest BCUT2D eigenvalue weighted by Gasteiger charge is 2.20.